The zero-order valence-corrected chi connectivity index (χ0v) is 18.0. The third kappa shape index (κ3) is 5.51. The number of primary amides is 1. The predicted molar refractivity (Wildman–Crippen MR) is 119 cm³/mol. The number of phenolic OH excluding ortho intramolecular Hbond substituents is 1. The van der Waals surface area contributed by atoms with Crippen LogP contribution in [0.2, 0.25) is 0 Å². The van der Waals surface area contributed by atoms with Crippen LogP contribution < -0.4 is 16.8 Å². The molecule has 174 valence electrons. The normalized spacial score (nSPS) is 18.8. The summed E-state index contributed by atoms with van der Waals surface area (Å²) in [5.41, 5.74) is 9.08. The van der Waals surface area contributed by atoms with Crippen molar-refractivity contribution in [1.82, 2.24) is 0 Å². The first-order valence-corrected chi connectivity index (χ1v) is 9.95. The van der Waals surface area contributed by atoms with E-state index in [9.17, 15) is 27.9 Å². The standard InChI is InChI=1S/C23H23F3N4O3/c1-22(2)10-17(19(18(32)11-22)20(27)23(24,25)26)30-13-5-8-15(21(28)33)16(9-13)29-12-3-6-14(31)7-4-12/h3-9,29,31H,10-11,27H2,1-2H3,(H2,28,33). The van der Waals surface area contributed by atoms with Gasteiger partial charge in [-0.25, -0.2) is 0 Å². The number of carbonyl (C=O) groups excluding carboxylic acids is 2. The minimum absolute atomic E-state index is 0.0435. The van der Waals surface area contributed by atoms with Gasteiger partial charge in [0.05, 0.1) is 28.2 Å². The maximum Gasteiger partial charge on any atom is 0.431 e. The van der Waals surface area contributed by atoms with Gasteiger partial charge >= 0.3 is 6.18 Å². The van der Waals surface area contributed by atoms with Gasteiger partial charge in [0.1, 0.15) is 11.4 Å². The third-order valence-electron chi connectivity index (χ3n) is 5.11. The number of anilines is 2. The van der Waals surface area contributed by atoms with Gasteiger partial charge in [-0.1, -0.05) is 13.8 Å². The molecule has 0 aliphatic heterocycles. The fraction of sp³-hybridized carbons (Fsp3) is 0.261. The number of phenols is 1. The molecule has 2 aromatic rings. The fourth-order valence-electron chi connectivity index (χ4n) is 3.61. The molecule has 0 heterocycles. The molecule has 1 aliphatic rings. The van der Waals surface area contributed by atoms with E-state index in [1.807, 2.05) is 0 Å². The molecule has 0 saturated heterocycles. The first-order valence-electron chi connectivity index (χ1n) is 9.95. The average molecular weight is 460 g/mol. The lowest BCUT2D eigenvalue weighted by molar-refractivity contribution is -0.119. The summed E-state index contributed by atoms with van der Waals surface area (Å²) < 4.78 is 40.0. The van der Waals surface area contributed by atoms with Crippen molar-refractivity contribution in [2.45, 2.75) is 32.9 Å². The lowest BCUT2D eigenvalue weighted by atomic mass is 9.73. The first kappa shape index (κ1) is 23.8. The van der Waals surface area contributed by atoms with Crippen molar-refractivity contribution in [3.05, 3.63) is 59.3 Å². The van der Waals surface area contributed by atoms with Crippen molar-refractivity contribution in [3.8, 4) is 5.75 Å². The molecule has 0 spiro atoms. The number of hydrogen-bond acceptors (Lipinski definition) is 6. The minimum atomic E-state index is -4.88. The summed E-state index contributed by atoms with van der Waals surface area (Å²) in [5.74, 6) is -1.41. The van der Waals surface area contributed by atoms with Gasteiger partial charge in [-0.3, -0.25) is 14.6 Å². The maximum atomic E-state index is 13.3. The number of benzene rings is 2. The predicted octanol–water partition coefficient (Wildman–Crippen LogP) is 4.47. The van der Waals surface area contributed by atoms with Gasteiger partial charge in [0.25, 0.3) is 5.91 Å². The molecular formula is C23H23F3N4O3. The maximum absolute atomic E-state index is 13.3. The number of aromatic hydroxyl groups is 1. The summed E-state index contributed by atoms with van der Waals surface area (Å²) in [6.07, 6.45) is -4.87. The summed E-state index contributed by atoms with van der Waals surface area (Å²) in [4.78, 5) is 28.7. The molecule has 0 atom stereocenters. The number of amides is 1. The number of ketones is 1. The minimum Gasteiger partial charge on any atom is -0.508 e. The topological polar surface area (TPSA) is 131 Å². The van der Waals surface area contributed by atoms with E-state index in [4.69, 9.17) is 11.5 Å². The monoisotopic (exact) mass is 460 g/mol. The highest BCUT2D eigenvalue weighted by Gasteiger charge is 2.42. The highest BCUT2D eigenvalue weighted by molar-refractivity contribution is 6.25. The second kappa shape index (κ2) is 8.61. The number of Topliss-reactive ketones (excluding diaryl/α,β-unsaturated/α-hetero) is 1. The third-order valence-corrected chi connectivity index (χ3v) is 5.11. The van der Waals surface area contributed by atoms with Crippen LogP contribution >= 0.6 is 0 Å². The lowest BCUT2D eigenvalue weighted by Crippen LogP contribution is -2.36. The van der Waals surface area contributed by atoms with Crippen molar-refractivity contribution in [1.29, 1.82) is 0 Å². The van der Waals surface area contributed by atoms with Crippen LogP contribution in [0.1, 0.15) is 37.0 Å². The average Bonchev–Trinajstić information content (AvgIpc) is 2.67. The summed E-state index contributed by atoms with van der Waals surface area (Å²) >= 11 is 0. The van der Waals surface area contributed by atoms with Crippen LogP contribution in [0.25, 0.3) is 0 Å². The Bertz CT molecular complexity index is 1170. The lowest BCUT2D eigenvalue weighted by Gasteiger charge is -2.32. The van der Waals surface area contributed by atoms with Crippen molar-refractivity contribution in [2.24, 2.45) is 21.9 Å². The van der Waals surface area contributed by atoms with Crippen LogP contribution in [0.4, 0.5) is 30.2 Å². The van der Waals surface area contributed by atoms with Gasteiger partial charge in [0, 0.05) is 12.1 Å². The molecule has 0 aromatic heterocycles. The molecule has 1 fully saturated rings. The van der Waals surface area contributed by atoms with Crippen molar-refractivity contribution in [3.63, 3.8) is 0 Å². The van der Waals surface area contributed by atoms with Crippen molar-refractivity contribution >= 4 is 34.5 Å². The van der Waals surface area contributed by atoms with Gasteiger partial charge in [0.15, 0.2) is 5.78 Å². The van der Waals surface area contributed by atoms with Crippen molar-refractivity contribution in [2.75, 3.05) is 5.32 Å². The summed E-state index contributed by atoms with van der Waals surface area (Å²) in [7, 11) is 0. The number of nitrogens with two attached hydrogens (primary N) is 2. The van der Waals surface area contributed by atoms with E-state index < -0.39 is 34.6 Å². The van der Waals surface area contributed by atoms with Gasteiger partial charge < -0.3 is 21.9 Å². The Morgan fingerprint density at radius 3 is 2.30 bits per heavy atom. The number of nitrogens with one attached hydrogen (secondary N) is 1. The Balaban J connectivity index is 2.11. The van der Waals surface area contributed by atoms with Gasteiger partial charge in [-0.05, 0) is 54.3 Å². The van der Waals surface area contributed by atoms with Crippen LogP contribution in [0.15, 0.2) is 58.7 Å². The molecule has 33 heavy (non-hydrogen) atoms. The van der Waals surface area contributed by atoms with Crippen LogP contribution in [0.5, 0.6) is 5.75 Å². The molecule has 0 radical (unpaired) electrons. The highest BCUT2D eigenvalue weighted by atomic mass is 19.4. The molecule has 10 heteroatoms. The molecule has 0 bridgehead atoms. The number of carbonyl (C=O) groups is 2. The first-order chi connectivity index (χ1) is 15.3. The van der Waals surface area contributed by atoms with Crippen LogP contribution in [-0.4, -0.2) is 28.7 Å². The number of rotatable bonds is 4. The smallest absolute Gasteiger partial charge is 0.431 e. The molecule has 6 N–H and O–H groups in total. The van der Waals surface area contributed by atoms with Crippen LogP contribution in [0.3, 0.4) is 0 Å². The van der Waals surface area contributed by atoms with E-state index in [0.717, 1.165) is 0 Å². The quantitative estimate of drug-likeness (QED) is 0.395. The molecule has 2 aromatic carbocycles. The summed E-state index contributed by atoms with van der Waals surface area (Å²) in [5, 5.41) is 12.4. The van der Waals surface area contributed by atoms with E-state index in [1.165, 1.54) is 30.3 Å². The number of allylic oxidation sites excluding steroid dienone is 2. The van der Waals surface area contributed by atoms with Crippen LogP contribution in [0, 0.1) is 5.41 Å². The van der Waals surface area contributed by atoms with Crippen LogP contribution in [-0.2, 0) is 4.79 Å². The number of hydrogen-bond donors (Lipinski definition) is 4. The van der Waals surface area contributed by atoms with E-state index >= 15 is 0 Å². The van der Waals surface area contributed by atoms with Gasteiger partial charge in [0.2, 0.25) is 0 Å². The summed E-state index contributed by atoms with van der Waals surface area (Å²) in [6.45, 7) is 3.52. The number of halogens is 3. The molecule has 1 saturated carbocycles. The largest absolute Gasteiger partial charge is 0.508 e. The molecule has 1 amide bonds. The Morgan fingerprint density at radius 2 is 1.73 bits per heavy atom. The second-order valence-corrected chi connectivity index (χ2v) is 8.55. The van der Waals surface area contributed by atoms with E-state index in [-0.39, 0.29) is 41.2 Å². The number of nitrogens with zero attached hydrogens (tertiary/aromatic N) is 1. The number of aliphatic imine (C=N–C) groups is 1. The fourth-order valence-corrected chi connectivity index (χ4v) is 3.61. The van der Waals surface area contributed by atoms with Gasteiger partial charge in [-0.2, -0.15) is 13.2 Å². The zero-order valence-electron chi connectivity index (χ0n) is 18.0. The Labute approximate surface area is 188 Å². The van der Waals surface area contributed by atoms with E-state index in [1.54, 1.807) is 26.0 Å². The highest BCUT2D eigenvalue weighted by Crippen LogP contribution is 2.39. The van der Waals surface area contributed by atoms with Crippen molar-refractivity contribution < 1.29 is 27.9 Å². The van der Waals surface area contributed by atoms with E-state index in [2.05, 4.69) is 10.3 Å². The second-order valence-electron chi connectivity index (χ2n) is 8.55. The molecule has 0 unspecified atom stereocenters. The Hall–Kier alpha value is -3.82. The Kier molecular flexibility index (Phi) is 6.22. The molecular weight excluding hydrogens is 437 g/mol. The SMILES string of the molecule is CC1(C)CC(=O)C(=C(N)C(F)(F)F)C(=Nc2ccc(C(N)=O)c(Nc3ccc(O)cc3)c2)C1. The molecule has 1 aliphatic carbocycles. The molecule has 3 rings (SSSR count). The van der Waals surface area contributed by atoms with E-state index in [0.29, 0.717) is 5.69 Å². The Morgan fingerprint density at radius 1 is 1.09 bits per heavy atom. The summed E-state index contributed by atoms with van der Waals surface area (Å²) in [6, 6.07) is 10.2. The zero-order chi connectivity index (χ0) is 24.6. The molecule has 7 nitrogen and oxygen atoms in total. The van der Waals surface area contributed by atoms with Gasteiger partial charge in [-0.15, -0.1) is 0 Å². The number of alkyl halides is 3.